The fraction of sp³-hybridized carbons (Fsp3) is 0.522. The van der Waals surface area contributed by atoms with Gasteiger partial charge in [-0.3, -0.25) is 9.59 Å². The molecule has 2 amide bonds. The Morgan fingerprint density at radius 3 is 2.79 bits per heavy atom. The second-order valence-electron chi connectivity index (χ2n) is 8.33. The minimum atomic E-state index is -0.0376. The molecular weight excluding hydrogens is 366 g/mol. The first-order chi connectivity index (χ1) is 13.8. The zero-order valence-electron chi connectivity index (χ0n) is 17.8. The van der Waals surface area contributed by atoms with Crippen molar-refractivity contribution < 1.29 is 14.1 Å². The van der Waals surface area contributed by atoms with Crippen molar-refractivity contribution in [3.8, 4) is 0 Å². The number of amides is 2. The van der Waals surface area contributed by atoms with Crippen molar-refractivity contribution in [3.05, 3.63) is 52.4 Å². The van der Waals surface area contributed by atoms with Gasteiger partial charge < -0.3 is 14.7 Å². The smallest absolute Gasteiger partial charge is 0.251 e. The molecule has 0 spiro atoms. The highest BCUT2D eigenvalue weighted by Crippen LogP contribution is 2.23. The molecule has 0 bridgehead atoms. The molecule has 1 N–H and O–H groups in total. The van der Waals surface area contributed by atoms with Crippen LogP contribution in [0.1, 0.15) is 59.6 Å². The predicted octanol–water partition coefficient (Wildman–Crippen LogP) is 3.45. The molecule has 1 unspecified atom stereocenters. The van der Waals surface area contributed by atoms with Crippen LogP contribution >= 0.6 is 0 Å². The van der Waals surface area contributed by atoms with Crippen LogP contribution in [0, 0.1) is 19.8 Å². The Hall–Kier alpha value is -2.63. The van der Waals surface area contributed by atoms with Crippen molar-refractivity contribution in [3.63, 3.8) is 0 Å². The zero-order valence-corrected chi connectivity index (χ0v) is 17.8. The lowest BCUT2D eigenvalue weighted by Gasteiger charge is -2.17. The van der Waals surface area contributed by atoms with Gasteiger partial charge in [0.1, 0.15) is 5.76 Å². The van der Waals surface area contributed by atoms with Crippen LogP contribution in [-0.2, 0) is 17.6 Å². The molecule has 6 nitrogen and oxygen atoms in total. The van der Waals surface area contributed by atoms with Crippen LogP contribution in [0.15, 0.2) is 28.8 Å². The molecule has 1 aliphatic heterocycles. The van der Waals surface area contributed by atoms with E-state index in [2.05, 4.69) is 16.5 Å². The first-order valence-corrected chi connectivity index (χ1v) is 10.4. The van der Waals surface area contributed by atoms with Crippen molar-refractivity contribution in [2.45, 2.75) is 59.4 Å². The summed E-state index contributed by atoms with van der Waals surface area (Å²) in [6.45, 7) is 9.30. The summed E-state index contributed by atoms with van der Waals surface area (Å²) in [5.41, 5.74) is 3.76. The third-order valence-corrected chi connectivity index (χ3v) is 5.54. The Balaban J connectivity index is 1.52. The Morgan fingerprint density at radius 1 is 1.31 bits per heavy atom. The average Bonchev–Trinajstić information content (AvgIpc) is 3.26. The average molecular weight is 398 g/mol. The maximum atomic E-state index is 12.6. The third kappa shape index (κ3) is 5.46. The second-order valence-corrected chi connectivity index (χ2v) is 8.33. The molecule has 0 aliphatic carbocycles. The van der Waals surface area contributed by atoms with E-state index in [0.29, 0.717) is 24.3 Å². The van der Waals surface area contributed by atoms with E-state index in [1.165, 1.54) is 0 Å². The van der Waals surface area contributed by atoms with E-state index in [1.807, 2.05) is 50.8 Å². The van der Waals surface area contributed by atoms with Gasteiger partial charge in [0.05, 0.1) is 5.69 Å². The number of carbonyl (C=O) groups is 2. The Bertz CT molecular complexity index is 853. The molecule has 1 fully saturated rings. The molecule has 29 heavy (non-hydrogen) atoms. The quantitative estimate of drug-likeness (QED) is 0.776. The standard InChI is InChI=1S/C23H31N3O3/c1-15(2)24-23(28)20-7-5-6-18(13-20)12-19-10-11-26(14-19)22(27)9-8-21-16(3)25-29-17(21)4/h5-7,13,15,19H,8-12,14H2,1-4H3,(H,24,28). The highest BCUT2D eigenvalue weighted by molar-refractivity contribution is 5.94. The summed E-state index contributed by atoms with van der Waals surface area (Å²) in [6.07, 6.45) is 3.05. The number of hydrogen-bond acceptors (Lipinski definition) is 4. The molecule has 0 saturated carbocycles. The maximum Gasteiger partial charge on any atom is 0.251 e. The molecule has 2 heterocycles. The van der Waals surface area contributed by atoms with Gasteiger partial charge in [0.25, 0.3) is 5.91 Å². The highest BCUT2D eigenvalue weighted by atomic mass is 16.5. The lowest BCUT2D eigenvalue weighted by atomic mass is 9.97. The van der Waals surface area contributed by atoms with Crippen molar-refractivity contribution in [1.82, 2.24) is 15.4 Å². The summed E-state index contributed by atoms with van der Waals surface area (Å²) in [4.78, 5) is 26.8. The van der Waals surface area contributed by atoms with E-state index in [0.717, 1.165) is 48.5 Å². The van der Waals surface area contributed by atoms with Gasteiger partial charge in [0, 0.05) is 36.7 Å². The number of carbonyl (C=O) groups excluding carboxylic acids is 2. The van der Waals surface area contributed by atoms with Gasteiger partial charge in [-0.2, -0.15) is 0 Å². The SMILES string of the molecule is Cc1noc(C)c1CCC(=O)N1CCC(Cc2cccc(C(=O)NC(C)C)c2)C1. The monoisotopic (exact) mass is 397 g/mol. The van der Waals surface area contributed by atoms with Crippen molar-refractivity contribution in [1.29, 1.82) is 0 Å². The van der Waals surface area contributed by atoms with E-state index < -0.39 is 0 Å². The van der Waals surface area contributed by atoms with Crippen LogP contribution < -0.4 is 5.32 Å². The minimum absolute atomic E-state index is 0.0376. The van der Waals surface area contributed by atoms with E-state index in [4.69, 9.17) is 4.52 Å². The summed E-state index contributed by atoms with van der Waals surface area (Å²) in [5.74, 6) is 1.39. The predicted molar refractivity (Wildman–Crippen MR) is 112 cm³/mol. The summed E-state index contributed by atoms with van der Waals surface area (Å²) in [6, 6.07) is 7.94. The van der Waals surface area contributed by atoms with Crippen LogP contribution in [0.2, 0.25) is 0 Å². The first-order valence-electron chi connectivity index (χ1n) is 10.4. The summed E-state index contributed by atoms with van der Waals surface area (Å²) in [5, 5.41) is 6.89. The number of likely N-dealkylation sites (tertiary alicyclic amines) is 1. The fourth-order valence-corrected chi connectivity index (χ4v) is 3.99. The number of aromatic nitrogens is 1. The second kappa shape index (κ2) is 9.25. The Labute approximate surface area is 172 Å². The lowest BCUT2D eigenvalue weighted by molar-refractivity contribution is -0.130. The van der Waals surface area contributed by atoms with Gasteiger partial charge in [0.15, 0.2) is 0 Å². The molecule has 1 aromatic carbocycles. The van der Waals surface area contributed by atoms with Gasteiger partial charge in [-0.05, 0) is 70.6 Å². The largest absolute Gasteiger partial charge is 0.361 e. The van der Waals surface area contributed by atoms with E-state index in [1.54, 1.807) is 0 Å². The molecule has 1 aliphatic rings. The Kier molecular flexibility index (Phi) is 6.72. The maximum absolute atomic E-state index is 12.6. The highest BCUT2D eigenvalue weighted by Gasteiger charge is 2.26. The molecule has 156 valence electrons. The molecule has 1 atom stereocenters. The molecule has 6 heteroatoms. The van der Waals surface area contributed by atoms with Crippen molar-refractivity contribution in [2.24, 2.45) is 5.92 Å². The van der Waals surface area contributed by atoms with Crippen LogP contribution in [0.5, 0.6) is 0 Å². The minimum Gasteiger partial charge on any atom is -0.361 e. The first kappa shape index (κ1) is 21.1. The topological polar surface area (TPSA) is 75.4 Å². The van der Waals surface area contributed by atoms with Gasteiger partial charge in [0.2, 0.25) is 5.91 Å². The molecule has 2 aromatic rings. The van der Waals surface area contributed by atoms with Crippen molar-refractivity contribution in [2.75, 3.05) is 13.1 Å². The number of aryl methyl sites for hydroxylation is 2. The number of nitrogens with one attached hydrogen (secondary N) is 1. The van der Waals surface area contributed by atoms with Gasteiger partial charge in [-0.1, -0.05) is 17.3 Å². The van der Waals surface area contributed by atoms with E-state index in [9.17, 15) is 9.59 Å². The summed E-state index contributed by atoms with van der Waals surface area (Å²) < 4.78 is 5.18. The number of rotatable bonds is 7. The third-order valence-electron chi connectivity index (χ3n) is 5.54. The van der Waals surface area contributed by atoms with E-state index in [-0.39, 0.29) is 17.9 Å². The summed E-state index contributed by atoms with van der Waals surface area (Å²) >= 11 is 0. The van der Waals surface area contributed by atoms with E-state index >= 15 is 0 Å². The van der Waals surface area contributed by atoms with Crippen LogP contribution in [0.3, 0.4) is 0 Å². The summed E-state index contributed by atoms with van der Waals surface area (Å²) in [7, 11) is 0. The lowest BCUT2D eigenvalue weighted by Crippen LogP contribution is -2.30. The van der Waals surface area contributed by atoms with Crippen LogP contribution in [0.4, 0.5) is 0 Å². The molecule has 1 aromatic heterocycles. The van der Waals surface area contributed by atoms with Gasteiger partial charge in [-0.25, -0.2) is 0 Å². The molecule has 3 rings (SSSR count). The fourth-order valence-electron chi connectivity index (χ4n) is 3.99. The number of nitrogens with zero attached hydrogens (tertiary/aromatic N) is 2. The van der Waals surface area contributed by atoms with Gasteiger partial charge >= 0.3 is 0 Å². The van der Waals surface area contributed by atoms with Gasteiger partial charge in [-0.15, -0.1) is 0 Å². The van der Waals surface area contributed by atoms with Crippen LogP contribution in [-0.4, -0.2) is 41.0 Å². The van der Waals surface area contributed by atoms with Crippen LogP contribution in [0.25, 0.3) is 0 Å². The molecule has 1 saturated heterocycles. The normalized spacial score (nSPS) is 16.4. The number of hydrogen-bond donors (Lipinski definition) is 1. The zero-order chi connectivity index (χ0) is 21.0. The molecular formula is C23H31N3O3. The number of benzene rings is 1. The molecule has 0 radical (unpaired) electrons. The Morgan fingerprint density at radius 2 is 2.10 bits per heavy atom. The van der Waals surface area contributed by atoms with Crippen molar-refractivity contribution >= 4 is 11.8 Å².